The van der Waals surface area contributed by atoms with E-state index in [-0.39, 0.29) is 6.03 Å². The molecule has 2 aliphatic heterocycles. The summed E-state index contributed by atoms with van der Waals surface area (Å²) in [6.45, 7) is 8.23. The highest BCUT2D eigenvalue weighted by molar-refractivity contribution is 7.17. The number of primary amides is 1. The molecule has 3 amide bonds. The van der Waals surface area contributed by atoms with Gasteiger partial charge in [0.05, 0.1) is 5.56 Å². The molecule has 0 bridgehead atoms. The molecule has 1 aromatic heterocycles. The third kappa shape index (κ3) is 5.44. The van der Waals surface area contributed by atoms with Crippen molar-refractivity contribution < 1.29 is 9.59 Å². The second-order valence-corrected chi connectivity index (χ2v) is 9.55. The fourth-order valence-electron chi connectivity index (χ4n) is 4.36. The number of amides is 3. The largest absolute Gasteiger partial charge is 0.365 e. The Labute approximate surface area is 187 Å². The first-order chi connectivity index (χ1) is 15.0. The van der Waals surface area contributed by atoms with Crippen molar-refractivity contribution in [3.8, 4) is 0 Å². The summed E-state index contributed by atoms with van der Waals surface area (Å²) < 4.78 is 0. The first-order valence-corrected chi connectivity index (χ1v) is 11.8. The second kappa shape index (κ2) is 9.80. The molecule has 0 spiro atoms. The van der Waals surface area contributed by atoms with Crippen molar-refractivity contribution in [2.75, 3.05) is 43.4 Å². The Balaban J connectivity index is 1.41. The number of thiophene rings is 1. The van der Waals surface area contributed by atoms with Crippen LogP contribution in [0.15, 0.2) is 24.3 Å². The highest BCUT2D eigenvalue weighted by atomic mass is 32.1. The summed E-state index contributed by atoms with van der Waals surface area (Å²) in [5.74, 6) is -0.482. The van der Waals surface area contributed by atoms with Crippen molar-refractivity contribution in [2.24, 2.45) is 5.73 Å². The van der Waals surface area contributed by atoms with Gasteiger partial charge in [0.25, 0.3) is 5.91 Å². The van der Waals surface area contributed by atoms with E-state index in [2.05, 4.69) is 20.4 Å². The quantitative estimate of drug-likeness (QED) is 0.638. The number of aryl methyl sites for hydroxylation is 1. The summed E-state index contributed by atoms with van der Waals surface area (Å²) in [6, 6.07) is 7.21. The molecule has 7 nitrogen and oxygen atoms in total. The number of carbonyl (C=O) groups is 2. The zero-order valence-corrected chi connectivity index (χ0v) is 18.9. The summed E-state index contributed by atoms with van der Waals surface area (Å²) >= 11 is 1.47. The van der Waals surface area contributed by atoms with Gasteiger partial charge in [0, 0.05) is 36.7 Å². The lowest BCUT2D eigenvalue weighted by Crippen LogP contribution is -2.39. The summed E-state index contributed by atoms with van der Waals surface area (Å²) in [4.78, 5) is 30.8. The van der Waals surface area contributed by atoms with E-state index in [1.54, 1.807) is 0 Å². The molecule has 0 aliphatic carbocycles. The maximum atomic E-state index is 12.5. The number of anilines is 2. The van der Waals surface area contributed by atoms with Crippen LogP contribution < -0.4 is 16.4 Å². The van der Waals surface area contributed by atoms with Crippen LogP contribution in [0.25, 0.3) is 0 Å². The lowest BCUT2D eigenvalue weighted by Gasteiger charge is -2.31. The SMILES string of the molecule is Cc1ccc(NC(=O)Nc2sc3c(c2C(N)=O)CCN(CCN2CCCCC2)C3)cc1. The number of likely N-dealkylation sites (tertiary alicyclic amines) is 1. The number of nitrogens with one attached hydrogen (secondary N) is 2. The first kappa shape index (κ1) is 21.8. The number of nitrogens with zero attached hydrogens (tertiary/aromatic N) is 2. The Bertz CT molecular complexity index is 934. The van der Waals surface area contributed by atoms with Crippen molar-refractivity contribution in [3.05, 3.63) is 45.8 Å². The summed E-state index contributed by atoms with van der Waals surface area (Å²) in [6.07, 6.45) is 4.74. The molecule has 0 saturated carbocycles. The van der Waals surface area contributed by atoms with Gasteiger partial charge in [0.15, 0.2) is 0 Å². The van der Waals surface area contributed by atoms with E-state index in [9.17, 15) is 9.59 Å². The summed E-state index contributed by atoms with van der Waals surface area (Å²) in [5.41, 5.74) is 8.99. The lowest BCUT2D eigenvalue weighted by atomic mass is 10.0. The lowest BCUT2D eigenvalue weighted by molar-refractivity contribution is 0.0999. The van der Waals surface area contributed by atoms with Gasteiger partial charge in [-0.2, -0.15) is 0 Å². The summed E-state index contributed by atoms with van der Waals surface area (Å²) in [7, 11) is 0. The molecule has 166 valence electrons. The standard InChI is InChI=1S/C23H31N5O2S/c1-16-5-7-17(8-6-16)25-23(30)26-22-20(21(24)29)18-9-12-28(15-19(18)31-22)14-13-27-10-3-2-4-11-27/h5-8H,2-4,9-15H2,1H3,(H2,24,29)(H2,25,26,30). The summed E-state index contributed by atoms with van der Waals surface area (Å²) in [5, 5.41) is 6.21. The molecule has 1 fully saturated rings. The van der Waals surface area contributed by atoms with Crippen molar-refractivity contribution in [1.29, 1.82) is 0 Å². The normalized spacial score (nSPS) is 17.2. The van der Waals surface area contributed by atoms with Crippen LogP contribution in [-0.4, -0.2) is 54.5 Å². The molecule has 3 heterocycles. The van der Waals surface area contributed by atoms with Crippen LogP contribution in [0, 0.1) is 6.92 Å². The van der Waals surface area contributed by atoms with Crippen LogP contribution in [0.5, 0.6) is 0 Å². The molecule has 0 radical (unpaired) electrons. The van der Waals surface area contributed by atoms with Gasteiger partial charge in [-0.1, -0.05) is 24.1 Å². The van der Waals surface area contributed by atoms with Crippen LogP contribution in [0.1, 0.15) is 45.6 Å². The van der Waals surface area contributed by atoms with Gasteiger partial charge in [-0.3, -0.25) is 15.0 Å². The van der Waals surface area contributed by atoms with E-state index >= 15 is 0 Å². The molecule has 1 aromatic carbocycles. The van der Waals surface area contributed by atoms with Crippen molar-refractivity contribution in [1.82, 2.24) is 9.80 Å². The monoisotopic (exact) mass is 441 g/mol. The molecule has 8 heteroatoms. The van der Waals surface area contributed by atoms with Crippen molar-refractivity contribution in [3.63, 3.8) is 0 Å². The maximum Gasteiger partial charge on any atom is 0.324 e. The Hall–Kier alpha value is -2.42. The zero-order chi connectivity index (χ0) is 21.8. The van der Waals surface area contributed by atoms with Gasteiger partial charge in [0.1, 0.15) is 5.00 Å². The van der Waals surface area contributed by atoms with Gasteiger partial charge in [0.2, 0.25) is 0 Å². The van der Waals surface area contributed by atoms with Crippen molar-refractivity contribution >= 4 is 34.0 Å². The van der Waals surface area contributed by atoms with Gasteiger partial charge in [-0.15, -0.1) is 11.3 Å². The number of urea groups is 1. The van der Waals surface area contributed by atoms with Crippen LogP contribution in [0.2, 0.25) is 0 Å². The molecule has 2 aliphatic rings. The van der Waals surface area contributed by atoms with Gasteiger partial charge >= 0.3 is 6.03 Å². The van der Waals surface area contributed by atoms with E-state index in [1.165, 1.54) is 43.7 Å². The predicted octanol–water partition coefficient (Wildman–Crippen LogP) is 3.64. The smallest absolute Gasteiger partial charge is 0.324 e. The average molecular weight is 442 g/mol. The van der Waals surface area contributed by atoms with Crippen LogP contribution >= 0.6 is 11.3 Å². The minimum atomic E-state index is -0.482. The second-order valence-electron chi connectivity index (χ2n) is 8.45. The third-order valence-corrected chi connectivity index (χ3v) is 7.23. The first-order valence-electron chi connectivity index (χ1n) is 11.0. The number of nitrogens with two attached hydrogens (primary N) is 1. The Morgan fingerprint density at radius 1 is 1.00 bits per heavy atom. The fourth-order valence-corrected chi connectivity index (χ4v) is 5.65. The highest BCUT2D eigenvalue weighted by Crippen LogP contribution is 2.37. The maximum absolute atomic E-state index is 12.5. The topological polar surface area (TPSA) is 90.7 Å². The highest BCUT2D eigenvalue weighted by Gasteiger charge is 2.28. The third-order valence-electron chi connectivity index (χ3n) is 6.10. The van der Waals surface area contributed by atoms with E-state index in [0.29, 0.717) is 16.3 Å². The fraction of sp³-hybridized carbons (Fsp3) is 0.478. The molecule has 0 atom stereocenters. The molecule has 1 saturated heterocycles. The number of carbonyl (C=O) groups excluding carboxylic acids is 2. The molecular weight excluding hydrogens is 410 g/mol. The minimum Gasteiger partial charge on any atom is -0.365 e. The number of hydrogen-bond donors (Lipinski definition) is 3. The molecule has 2 aromatic rings. The molecule has 4 rings (SSSR count). The predicted molar refractivity (Wildman–Crippen MR) is 126 cm³/mol. The van der Waals surface area contributed by atoms with Crippen molar-refractivity contribution in [2.45, 2.75) is 39.2 Å². The molecule has 31 heavy (non-hydrogen) atoms. The van der Waals surface area contributed by atoms with Crippen LogP contribution in [0.3, 0.4) is 0 Å². The van der Waals surface area contributed by atoms with E-state index in [1.807, 2.05) is 31.2 Å². The number of rotatable bonds is 6. The van der Waals surface area contributed by atoms with Gasteiger partial charge in [-0.05, 0) is 57.0 Å². The van der Waals surface area contributed by atoms with Gasteiger partial charge in [-0.25, -0.2) is 4.79 Å². The molecule has 0 unspecified atom stereocenters. The molecule has 4 N–H and O–H groups in total. The number of piperidine rings is 1. The van der Waals surface area contributed by atoms with E-state index in [0.717, 1.165) is 48.6 Å². The van der Waals surface area contributed by atoms with E-state index in [4.69, 9.17) is 5.73 Å². The zero-order valence-electron chi connectivity index (χ0n) is 18.1. The Morgan fingerprint density at radius 3 is 2.42 bits per heavy atom. The van der Waals surface area contributed by atoms with Crippen LogP contribution in [-0.2, 0) is 13.0 Å². The van der Waals surface area contributed by atoms with Gasteiger partial charge < -0.3 is 16.0 Å². The van der Waals surface area contributed by atoms with Crippen LogP contribution in [0.4, 0.5) is 15.5 Å². The Kier molecular flexibility index (Phi) is 6.89. The number of hydrogen-bond acceptors (Lipinski definition) is 5. The molecular formula is C23H31N5O2S. The number of fused-ring (bicyclic) bond motifs is 1. The Morgan fingerprint density at radius 2 is 1.71 bits per heavy atom. The number of benzene rings is 1. The average Bonchev–Trinajstić information content (AvgIpc) is 3.11. The minimum absolute atomic E-state index is 0.369. The van der Waals surface area contributed by atoms with E-state index < -0.39 is 5.91 Å².